The van der Waals surface area contributed by atoms with Gasteiger partial charge in [-0.2, -0.15) is 5.10 Å². The number of hydrogen-bond donors (Lipinski definition) is 3. The number of furan rings is 1. The molecule has 0 radical (unpaired) electrons. The number of H-pyrrole nitrogens is 1. The number of anilines is 1. The van der Waals surface area contributed by atoms with E-state index < -0.39 is 0 Å². The second-order valence-electron chi connectivity index (χ2n) is 7.43. The number of aromatic amines is 1. The minimum absolute atomic E-state index is 0.306. The molecule has 3 heterocycles. The van der Waals surface area contributed by atoms with Crippen LogP contribution < -0.4 is 20.3 Å². The lowest BCUT2D eigenvalue weighted by atomic mass is 10.0. The molecule has 9 heteroatoms. The molecule has 1 aliphatic heterocycles. The molecule has 164 valence electrons. The molecule has 1 aliphatic rings. The SMILES string of the molecule is CN=C(NCCc1nc(-c2ccco2)n[nH]1)NC1CCCN(c2ccccc2OC)C1. The van der Waals surface area contributed by atoms with Gasteiger partial charge < -0.3 is 24.7 Å². The Morgan fingerprint density at radius 3 is 3.03 bits per heavy atom. The Morgan fingerprint density at radius 1 is 1.32 bits per heavy atom. The Hall–Kier alpha value is -3.49. The highest BCUT2D eigenvalue weighted by molar-refractivity contribution is 5.80. The largest absolute Gasteiger partial charge is 0.495 e. The topological polar surface area (TPSA) is 104 Å². The highest BCUT2D eigenvalue weighted by Crippen LogP contribution is 2.29. The van der Waals surface area contributed by atoms with E-state index in [0.29, 0.717) is 30.6 Å². The maximum atomic E-state index is 5.54. The van der Waals surface area contributed by atoms with E-state index in [2.05, 4.69) is 47.8 Å². The van der Waals surface area contributed by atoms with Crippen molar-refractivity contribution < 1.29 is 9.15 Å². The lowest BCUT2D eigenvalue weighted by molar-refractivity contribution is 0.408. The summed E-state index contributed by atoms with van der Waals surface area (Å²) in [6, 6.07) is 12.1. The number of para-hydroxylation sites is 2. The molecule has 4 rings (SSSR count). The normalized spacial score (nSPS) is 16.9. The van der Waals surface area contributed by atoms with Gasteiger partial charge in [-0.1, -0.05) is 12.1 Å². The predicted molar refractivity (Wildman–Crippen MR) is 121 cm³/mol. The van der Waals surface area contributed by atoms with Crippen LogP contribution in [0, 0.1) is 0 Å². The third-order valence-electron chi connectivity index (χ3n) is 5.34. The fraction of sp³-hybridized carbons (Fsp3) is 0.409. The van der Waals surface area contributed by atoms with Crippen molar-refractivity contribution in [1.29, 1.82) is 0 Å². The number of rotatable bonds is 7. The van der Waals surface area contributed by atoms with Gasteiger partial charge in [-0.15, -0.1) is 0 Å². The zero-order valence-corrected chi connectivity index (χ0v) is 18.0. The van der Waals surface area contributed by atoms with Crippen LogP contribution in [0.4, 0.5) is 5.69 Å². The minimum atomic E-state index is 0.306. The van der Waals surface area contributed by atoms with Crippen LogP contribution in [0.5, 0.6) is 5.75 Å². The van der Waals surface area contributed by atoms with E-state index in [1.165, 1.54) is 0 Å². The second-order valence-corrected chi connectivity index (χ2v) is 7.43. The average molecular weight is 424 g/mol. The fourth-order valence-corrected chi connectivity index (χ4v) is 3.82. The van der Waals surface area contributed by atoms with Crippen molar-refractivity contribution >= 4 is 11.6 Å². The van der Waals surface area contributed by atoms with Gasteiger partial charge in [-0.3, -0.25) is 10.1 Å². The van der Waals surface area contributed by atoms with E-state index in [0.717, 1.165) is 49.2 Å². The molecule has 0 saturated carbocycles. The molecule has 3 aromatic rings. The van der Waals surface area contributed by atoms with Crippen molar-refractivity contribution in [3.8, 4) is 17.3 Å². The summed E-state index contributed by atoms with van der Waals surface area (Å²) in [5.74, 6) is 3.73. The molecule has 3 N–H and O–H groups in total. The van der Waals surface area contributed by atoms with Gasteiger partial charge in [0.1, 0.15) is 11.6 Å². The van der Waals surface area contributed by atoms with Crippen molar-refractivity contribution in [3.63, 3.8) is 0 Å². The van der Waals surface area contributed by atoms with E-state index in [1.54, 1.807) is 20.4 Å². The van der Waals surface area contributed by atoms with Crippen molar-refractivity contribution in [3.05, 3.63) is 48.5 Å². The molecule has 2 aromatic heterocycles. The summed E-state index contributed by atoms with van der Waals surface area (Å²) in [5.41, 5.74) is 1.14. The third kappa shape index (κ3) is 5.17. The summed E-state index contributed by atoms with van der Waals surface area (Å²) in [5, 5.41) is 14.1. The zero-order valence-electron chi connectivity index (χ0n) is 18.0. The molecule has 0 aliphatic carbocycles. The van der Waals surface area contributed by atoms with E-state index in [1.807, 2.05) is 24.3 Å². The molecule has 0 spiro atoms. The first kappa shape index (κ1) is 20.8. The van der Waals surface area contributed by atoms with Gasteiger partial charge in [-0.05, 0) is 37.1 Å². The lowest BCUT2D eigenvalue weighted by Crippen LogP contribution is -2.51. The Morgan fingerprint density at radius 2 is 2.23 bits per heavy atom. The van der Waals surface area contributed by atoms with Gasteiger partial charge in [0.2, 0.25) is 5.82 Å². The van der Waals surface area contributed by atoms with Gasteiger partial charge in [0.25, 0.3) is 0 Å². The van der Waals surface area contributed by atoms with E-state index in [9.17, 15) is 0 Å². The number of piperidine rings is 1. The first-order valence-corrected chi connectivity index (χ1v) is 10.6. The van der Waals surface area contributed by atoms with Crippen LogP contribution in [0.1, 0.15) is 18.7 Å². The highest BCUT2D eigenvalue weighted by atomic mass is 16.5. The van der Waals surface area contributed by atoms with Crippen LogP contribution in [0.25, 0.3) is 11.6 Å². The molecule has 31 heavy (non-hydrogen) atoms. The number of benzene rings is 1. The van der Waals surface area contributed by atoms with Crippen molar-refractivity contribution in [1.82, 2.24) is 25.8 Å². The molecular weight excluding hydrogens is 394 g/mol. The number of nitrogens with zero attached hydrogens (tertiary/aromatic N) is 4. The number of aromatic nitrogens is 3. The van der Waals surface area contributed by atoms with Crippen LogP contribution in [0.3, 0.4) is 0 Å². The molecule has 9 nitrogen and oxygen atoms in total. The molecule has 0 bridgehead atoms. The Kier molecular flexibility index (Phi) is 6.71. The Labute approximate surface area is 181 Å². The first-order valence-electron chi connectivity index (χ1n) is 10.6. The fourth-order valence-electron chi connectivity index (χ4n) is 3.82. The first-order chi connectivity index (χ1) is 15.3. The maximum absolute atomic E-state index is 5.54. The average Bonchev–Trinajstić information content (AvgIpc) is 3.51. The predicted octanol–water partition coefficient (Wildman–Crippen LogP) is 2.45. The maximum Gasteiger partial charge on any atom is 0.216 e. The van der Waals surface area contributed by atoms with Crippen molar-refractivity contribution in [2.75, 3.05) is 38.7 Å². The summed E-state index contributed by atoms with van der Waals surface area (Å²) in [7, 11) is 3.51. The molecule has 1 aromatic carbocycles. The molecule has 0 amide bonds. The molecule has 1 saturated heterocycles. The summed E-state index contributed by atoms with van der Waals surface area (Å²) >= 11 is 0. The van der Waals surface area contributed by atoms with Gasteiger partial charge >= 0.3 is 0 Å². The lowest BCUT2D eigenvalue weighted by Gasteiger charge is -2.36. The van der Waals surface area contributed by atoms with E-state index >= 15 is 0 Å². The third-order valence-corrected chi connectivity index (χ3v) is 5.34. The minimum Gasteiger partial charge on any atom is -0.495 e. The van der Waals surface area contributed by atoms with Gasteiger partial charge in [-0.25, -0.2) is 4.98 Å². The van der Waals surface area contributed by atoms with Crippen LogP contribution in [0.15, 0.2) is 52.1 Å². The summed E-state index contributed by atoms with van der Waals surface area (Å²) in [6.07, 6.45) is 4.52. The van der Waals surface area contributed by atoms with Gasteiger partial charge in [0, 0.05) is 39.1 Å². The second kappa shape index (κ2) is 10.0. The van der Waals surface area contributed by atoms with Crippen molar-refractivity contribution in [2.45, 2.75) is 25.3 Å². The monoisotopic (exact) mass is 423 g/mol. The number of methoxy groups -OCH3 is 1. The standard InChI is InChI=1S/C22H29N7O2/c1-23-22(24-12-11-20-26-21(28-27-20)19-10-6-14-31-19)25-16-7-5-13-29(15-16)17-8-3-4-9-18(17)30-2/h3-4,6,8-10,14,16H,5,7,11-13,15H2,1-2H3,(H2,23,24,25)(H,26,27,28). The summed E-state index contributed by atoms with van der Waals surface area (Å²) in [4.78, 5) is 11.2. The van der Waals surface area contributed by atoms with Gasteiger partial charge in [0.05, 0.1) is 19.1 Å². The van der Waals surface area contributed by atoms with Crippen molar-refractivity contribution in [2.24, 2.45) is 4.99 Å². The summed E-state index contributed by atoms with van der Waals surface area (Å²) < 4.78 is 10.9. The van der Waals surface area contributed by atoms with E-state index in [-0.39, 0.29) is 0 Å². The van der Waals surface area contributed by atoms with Crippen LogP contribution in [-0.4, -0.2) is 61.0 Å². The number of ether oxygens (including phenoxy) is 1. The molecule has 1 atom stereocenters. The molecule has 1 unspecified atom stereocenters. The highest BCUT2D eigenvalue weighted by Gasteiger charge is 2.22. The quantitative estimate of drug-likeness (QED) is 0.396. The van der Waals surface area contributed by atoms with Crippen LogP contribution in [0.2, 0.25) is 0 Å². The van der Waals surface area contributed by atoms with Crippen LogP contribution in [-0.2, 0) is 6.42 Å². The number of guanidine groups is 1. The summed E-state index contributed by atoms with van der Waals surface area (Å²) in [6.45, 7) is 2.61. The number of aliphatic imine (C=N–C) groups is 1. The molecular formula is C22H29N7O2. The Bertz CT molecular complexity index is 983. The number of hydrogen-bond acceptors (Lipinski definition) is 6. The van der Waals surface area contributed by atoms with Crippen LogP contribution >= 0.6 is 0 Å². The van der Waals surface area contributed by atoms with Gasteiger partial charge in [0.15, 0.2) is 11.7 Å². The van der Waals surface area contributed by atoms with E-state index in [4.69, 9.17) is 9.15 Å². The Balaban J connectivity index is 1.28. The number of nitrogens with one attached hydrogen (secondary N) is 3. The zero-order chi connectivity index (χ0) is 21.5. The smallest absolute Gasteiger partial charge is 0.216 e. The molecule has 1 fully saturated rings.